The van der Waals surface area contributed by atoms with Crippen molar-refractivity contribution in [2.75, 3.05) is 6.54 Å². The molecule has 0 bridgehead atoms. The Kier molecular flexibility index (Phi) is 4.90. The molecule has 1 rings (SSSR count). The maximum absolute atomic E-state index is 11.7. The second-order valence-corrected chi connectivity index (χ2v) is 4.96. The molecule has 0 aliphatic carbocycles. The van der Waals surface area contributed by atoms with E-state index in [1.54, 1.807) is 11.4 Å². The summed E-state index contributed by atoms with van der Waals surface area (Å²) >= 11 is 1.34. The number of carbonyl (C=O) groups is 2. The molecule has 0 aromatic carbocycles. The lowest BCUT2D eigenvalue weighted by Gasteiger charge is -2.05. The molecule has 0 saturated heterocycles. The topological polar surface area (TPSA) is 66.4 Å². The Morgan fingerprint density at radius 1 is 1.53 bits per heavy atom. The monoisotopic (exact) mass is 253 g/mol. The predicted molar refractivity (Wildman–Crippen MR) is 68.2 cm³/mol. The Hall–Kier alpha value is -1.62. The molecule has 0 spiro atoms. The van der Waals surface area contributed by atoms with E-state index in [2.05, 4.69) is 5.32 Å². The fourth-order valence-electron chi connectivity index (χ4n) is 1.11. The summed E-state index contributed by atoms with van der Waals surface area (Å²) in [7, 11) is 0. The van der Waals surface area contributed by atoms with Crippen LogP contribution in [0.15, 0.2) is 17.5 Å². The van der Waals surface area contributed by atoms with Gasteiger partial charge in [0, 0.05) is 22.9 Å². The number of hydrogen-bond donors (Lipinski definition) is 2. The van der Waals surface area contributed by atoms with Gasteiger partial charge in [0.1, 0.15) is 0 Å². The van der Waals surface area contributed by atoms with Gasteiger partial charge in [-0.2, -0.15) is 0 Å². The lowest BCUT2D eigenvalue weighted by molar-refractivity contribution is -0.131. The van der Waals surface area contributed by atoms with E-state index in [9.17, 15) is 9.59 Å². The quantitative estimate of drug-likeness (QED) is 0.791. The fourth-order valence-corrected chi connectivity index (χ4v) is 1.89. The van der Waals surface area contributed by atoms with Crippen LogP contribution in [0.1, 0.15) is 29.1 Å². The van der Waals surface area contributed by atoms with E-state index >= 15 is 0 Å². The maximum atomic E-state index is 11.7. The zero-order valence-electron chi connectivity index (χ0n) is 9.77. The SMILES string of the molecule is CC(C)CNC(=O)c1csc(C=CC(=O)O)c1. The zero-order valence-corrected chi connectivity index (χ0v) is 10.6. The van der Waals surface area contributed by atoms with Crippen molar-refractivity contribution in [3.8, 4) is 0 Å². The van der Waals surface area contributed by atoms with Gasteiger partial charge in [0.05, 0.1) is 5.56 Å². The number of thiophene rings is 1. The molecular weight excluding hydrogens is 238 g/mol. The maximum Gasteiger partial charge on any atom is 0.328 e. The summed E-state index contributed by atoms with van der Waals surface area (Å²) < 4.78 is 0. The number of carbonyl (C=O) groups excluding carboxylic acids is 1. The Bertz CT molecular complexity index is 435. The molecule has 1 aromatic rings. The summed E-state index contributed by atoms with van der Waals surface area (Å²) in [5.74, 6) is -0.710. The first-order valence-corrected chi connectivity index (χ1v) is 6.14. The number of aliphatic carboxylic acids is 1. The third kappa shape index (κ3) is 4.82. The van der Waals surface area contributed by atoms with Gasteiger partial charge in [-0.3, -0.25) is 4.79 Å². The smallest absolute Gasteiger partial charge is 0.328 e. The summed E-state index contributed by atoms with van der Waals surface area (Å²) in [6, 6.07) is 1.68. The van der Waals surface area contributed by atoms with Crippen LogP contribution in [-0.2, 0) is 4.79 Å². The van der Waals surface area contributed by atoms with Crippen LogP contribution in [0.5, 0.6) is 0 Å². The van der Waals surface area contributed by atoms with E-state index in [-0.39, 0.29) is 5.91 Å². The minimum atomic E-state index is -0.996. The van der Waals surface area contributed by atoms with Crippen molar-refractivity contribution in [3.05, 3.63) is 28.0 Å². The molecule has 92 valence electrons. The van der Waals surface area contributed by atoms with Crippen LogP contribution in [-0.4, -0.2) is 23.5 Å². The first kappa shape index (κ1) is 13.4. The third-order valence-electron chi connectivity index (χ3n) is 1.94. The number of carboxylic acids is 1. The van der Waals surface area contributed by atoms with E-state index in [4.69, 9.17) is 5.11 Å². The van der Waals surface area contributed by atoms with Gasteiger partial charge in [-0.05, 0) is 18.1 Å². The second kappa shape index (κ2) is 6.20. The van der Waals surface area contributed by atoms with Gasteiger partial charge in [0.15, 0.2) is 0 Å². The van der Waals surface area contributed by atoms with E-state index in [1.807, 2.05) is 13.8 Å². The molecule has 17 heavy (non-hydrogen) atoms. The number of nitrogens with one attached hydrogen (secondary N) is 1. The molecule has 0 aliphatic rings. The first-order valence-electron chi connectivity index (χ1n) is 5.26. The first-order chi connectivity index (χ1) is 7.99. The van der Waals surface area contributed by atoms with Crippen molar-refractivity contribution in [2.24, 2.45) is 5.92 Å². The van der Waals surface area contributed by atoms with Crippen LogP contribution in [0.3, 0.4) is 0 Å². The molecule has 0 aliphatic heterocycles. The van der Waals surface area contributed by atoms with E-state index < -0.39 is 5.97 Å². The molecule has 1 amide bonds. The predicted octanol–water partition coefficient (Wildman–Crippen LogP) is 2.23. The molecule has 0 unspecified atom stereocenters. The normalized spacial score (nSPS) is 11.0. The number of hydrogen-bond acceptors (Lipinski definition) is 3. The average molecular weight is 253 g/mol. The summed E-state index contributed by atoms with van der Waals surface area (Å²) in [5.41, 5.74) is 0.570. The van der Waals surface area contributed by atoms with Crippen LogP contribution in [0.4, 0.5) is 0 Å². The van der Waals surface area contributed by atoms with Crippen LogP contribution < -0.4 is 5.32 Å². The highest BCUT2D eigenvalue weighted by Crippen LogP contribution is 2.16. The van der Waals surface area contributed by atoms with Gasteiger partial charge in [0.25, 0.3) is 5.91 Å². The van der Waals surface area contributed by atoms with Gasteiger partial charge in [0.2, 0.25) is 0 Å². The average Bonchev–Trinajstić information content (AvgIpc) is 2.71. The molecule has 1 aromatic heterocycles. The van der Waals surface area contributed by atoms with Crippen molar-refractivity contribution < 1.29 is 14.7 Å². The lowest BCUT2D eigenvalue weighted by atomic mass is 10.2. The molecule has 5 heteroatoms. The molecule has 2 N–H and O–H groups in total. The lowest BCUT2D eigenvalue weighted by Crippen LogP contribution is -2.26. The van der Waals surface area contributed by atoms with Crippen molar-refractivity contribution in [1.29, 1.82) is 0 Å². The Morgan fingerprint density at radius 3 is 2.82 bits per heavy atom. The van der Waals surface area contributed by atoms with Gasteiger partial charge in [-0.15, -0.1) is 11.3 Å². The molecular formula is C12H15NO3S. The molecule has 4 nitrogen and oxygen atoms in total. The summed E-state index contributed by atoms with van der Waals surface area (Å²) in [6.07, 6.45) is 2.54. The molecule has 1 heterocycles. The van der Waals surface area contributed by atoms with Gasteiger partial charge in [-0.25, -0.2) is 4.79 Å². The Balaban J connectivity index is 2.61. The van der Waals surface area contributed by atoms with Gasteiger partial charge < -0.3 is 10.4 Å². The van der Waals surface area contributed by atoms with Crippen molar-refractivity contribution in [1.82, 2.24) is 5.32 Å². The van der Waals surface area contributed by atoms with Crippen LogP contribution in [0.2, 0.25) is 0 Å². The number of carboxylic acid groups (broad SMARTS) is 1. The summed E-state index contributed by atoms with van der Waals surface area (Å²) in [4.78, 5) is 22.7. The van der Waals surface area contributed by atoms with Crippen LogP contribution in [0, 0.1) is 5.92 Å². The van der Waals surface area contributed by atoms with E-state index in [0.717, 1.165) is 11.0 Å². The standard InChI is InChI=1S/C12H15NO3S/c1-8(2)6-13-12(16)9-5-10(17-7-9)3-4-11(14)15/h3-5,7-8H,6H2,1-2H3,(H,13,16)(H,14,15). The van der Waals surface area contributed by atoms with Crippen molar-refractivity contribution in [3.63, 3.8) is 0 Å². The zero-order chi connectivity index (χ0) is 12.8. The molecule has 0 saturated carbocycles. The highest BCUT2D eigenvalue weighted by Gasteiger charge is 2.07. The second-order valence-electron chi connectivity index (χ2n) is 4.01. The Morgan fingerprint density at radius 2 is 2.24 bits per heavy atom. The third-order valence-corrected chi connectivity index (χ3v) is 2.84. The van der Waals surface area contributed by atoms with E-state index in [0.29, 0.717) is 18.0 Å². The fraction of sp³-hybridized carbons (Fsp3) is 0.333. The molecule has 0 atom stereocenters. The summed E-state index contributed by atoms with van der Waals surface area (Å²) in [6.45, 7) is 4.68. The van der Waals surface area contributed by atoms with Crippen molar-refractivity contribution >= 4 is 29.3 Å². The number of amides is 1. The Labute approximate surface area is 104 Å². The minimum Gasteiger partial charge on any atom is -0.478 e. The van der Waals surface area contributed by atoms with Gasteiger partial charge in [-0.1, -0.05) is 13.8 Å². The van der Waals surface area contributed by atoms with E-state index in [1.165, 1.54) is 17.4 Å². The van der Waals surface area contributed by atoms with Crippen molar-refractivity contribution in [2.45, 2.75) is 13.8 Å². The minimum absolute atomic E-state index is 0.120. The molecule has 0 radical (unpaired) electrons. The number of rotatable bonds is 5. The summed E-state index contributed by atoms with van der Waals surface area (Å²) in [5, 5.41) is 13.0. The highest BCUT2D eigenvalue weighted by atomic mass is 32.1. The van der Waals surface area contributed by atoms with Crippen LogP contribution >= 0.6 is 11.3 Å². The van der Waals surface area contributed by atoms with Gasteiger partial charge >= 0.3 is 5.97 Å². The largest absolute Gasteiger partial charge is 0.478 e. The van der Waals surface area contributed by atoms with Crippen LogP contribution in [0.25, 0.3) is 6.08 Å². The molecule has 0 fully saturated rings. The highest BCUT2D eigenvalue weighted by molar-refractivity contribution is 7.11.